The number of nitrogens with two attached hydrogens (primary N) is 1. The second-order valence-corrected chi connectivity index (χ2v) is 11.8. The predicted octanol–water partition coefficient (Wildman–Crippen LogP) is 1.74. The van der Waals surface area contributed by atoms with Crippen LogP contribution in [-0.4, -0.2) is 31.8 Å². The molecule has 168 valence electrons. The van der Waals surface area contributed by atoms with Gasteiger partial charge in [-0.15, -0.1) is 0 Å². The van der Waals surface area contributed by atoms with E-state index in [2.05, 4.69) is 10.0 Å². The molecule has 5 aliphatic rings. The smallest absolute Gasteiger partial charge is 0.244 e. The number of carbonyl (C=O) groups excluding carboxylic acids is 2. The number of rotatable bonds is 6. The van der Waals surface area contributed by atoms with Crippen molar-refractivity contribution in [3.63, 3.8) is 0 Å². The van der Waals surface area contributed by atoms with E-state index in [1.165, 1.54) is 19.1 Å². The Hall–Kier alpha value is -2.00. The van der Waals surface area contributed by atoms with E-state index in [0.717, 1.165) is 25.3 Å². The molecule has 1 aromatic carbocycles. The van der Waals surface area contributed by atoms with Crippen molar-refractivity contribution in [2.24, 2.45) is 28.9 Å². The summed E-state index contributed by atoms with van der Waals surface area (Å²) < 4.78 is 42.6. The second kappa shape index (κ2) is 6.75. The molecule has 5 aliphatic carbocycles. The average molecular weight is 450 g/mol. The Bertz CT molecular complexity index is 1030. The molecule has 0 aromatic heterocycles. The highest BCUT2D eigenvalue weighted by Gasteiger charge is 2.60. The van der Waals surface area contributed by atoms with Crippen molar-refractivity contribution >= 4 is 21.8 Å². The Morgan fingerprint density at radius 1 is 1.13 bits per heavy atom. The number of nitrogens with one attached hydrogen (secondary N) is 2. The molecule has 31 heavy (non-hydrogen) atoms. The molecule has 0 radical (unpaired) electrons. The monoisotopic (exact) mass is 449 g/mol. The van der Waals surface area contributed by atoms with Gasteiger partial charge in [0.1, 0.15) is 16.3 Å². The number of carbonyl (C=O) groups is 2. The van der Waals surface area contributed by atoms with Crippen LogP contribution in [-0.2, 0) is 19.6 Å². The van der Waals surface area contributed by atoms with E-state index >= 15 is 0 Å². The molecule has 7 nitrogen and oxygen atoms in total. The molecule has 2 atom stereocenters. The standard InChI is InChI=1S/C22H28FN3O4S/c1-12-3-2-4-16(23)18(12)31(29,30)26-22(5-6-22)20(28)25-17-14-7-13-8-15(17)11-21(9-13,10-14)19(24)27/h2-4,13-15,17,26H,5-11H2,1H3,(H2,24,27)(H,25,28). The van der Waals surface area contributed by atoms with Crippen LogP contribution in [0.25, 0.3) is 0 Å². The van der Waals surface area contributed by atoms with Gasteiger partial charge in [0, 0.05) is 11.5 Å². The number of halogens is 1. The van der Waals surface area contributed by atoms with Crippen LogP contribution < -0.4 is 15.8 Å². The number of sulfonamides is 1. The third-order valence-corrected chi connectivity index (χ3v) is 9.75. The third kappa shape index (κ3) is 3.28. The zero-order valence-electron chi connectivity index (χ0n) is 17.5. The number of primary amides is 1. The summed E-state index contributed by atoms with van der Waals surface area (Å²) >= 11 is 0. The maximum atomic E-state index is 14.3. The summed E-state index contributed by atoms with van der Waals surface area (Å²) in [6, 6.07) is 4.01. The molecule has 5 fully saturated rings. The highest BCUT2D eigenvalue weighted by atomic mass is 32.2. The van der Waals surface area contributed by atoms with E-state index in [0.29, 0.717) is 37.2 Å². The molecule has 2 amide bonds. The molecule has 0 aliphatic heterocycles. The second-order valence-electron chi connectivity index (χ2n) is 10.2. The zero-order valence-corrected chi connectivity index (χ0v) is 18.3. The lowest BCUT2D eigenvalue weighted by molar-refractivity contribution is -0.147. The van der Waals surface area contributed by atoms with Gasteiger partial charge in [0.2, 0.25) is 21.8 Å². The zero-order chi connectivity index (χ0) is 22.2. The Labute approximate surface area is 181 Å². The predicted molar refractivity (Wildman–Crippen MR) is 111 cm³/mol. The third-order valence-electron chi connectivity index (χ3n) is 8.04. The first-order valence-corrected chi connectivity index (χ1v) is 12.4. The maximum absolute atomic E-state index is 14.3. The molecule has 4 N–H and O–H groups in total. The van der Waals surface area contributed by atoms with Gasteiger partial charge in [0.15, 0.2) is 0 Å². The van der Waals surface area contributed by atoms with Gasteiger partial charge in [-0.1, -0.05) is 12.1 Å². The highest BCUT2D eigenvalue weighted by molar-refractivity contribution is 7.89. The van der Waals surface area contributed by atoms with Gasteiger partial charge in [-0.2, -0.15) is 4.72 Å². The summed E-state index contributed by atoms with van der Waals surface area (Å²) in [6.07, 6.45) is 4.90. The molecule has 5 saturated carbocycles. The van der Waals surface area contributed by atoms with Gasteiger partial charge in [0.05, 0.1) is 0 Å². The van der Waals surface area contributed by atoms with Crippen molar-refractivity contribution in [2.45, 2.75) is 68.3 Å². The lowest BCUT2D eigenvalue weighted by atomic mass is 9.47. The summed E-state index contributed by atoms with van der Waals surface area (Å²) in [6.45, 7) is 1.53. The molecule has 2 unspecified atom stereocenters. The van der Waals surface area contributed by atoms with Crippen molar-refractivity contribution in [1.82, 2.24) is 10.0 Å². The molecule has 0 spiro atoms. The van der Waals surface area contributed by atoms with Gasteiger partial charge < -0.3 is 11.1 Å². The minimum atomic E-state index is -4.19. The van der Waals surface area contributed by atoms with E-state index in [-0.39, 0.29) is 29.7 Å². The van der Waals surface area contributed by atoms with E-state index in [1.54, 1.807) is 0 Å². The SMILES string of the molecule is Cc1cccc(F)c1S(=O)(=O)NC1(C(=O)NC2C3CC4CC2CC(C(N)=O)(C4)C3)CC1. The summed E-state index contributed by atoms with van der Waals surface area (Å²) in [4.78, 5) is 24.9. The maximum Gasteiger partial charge on any atom is 0.244 e. The first-order valence-electron chi connectivity index (χ1n) is 11.0. The van der Waals surface area contributed by atoms with E-state index in [9.17, 15) is 22.4 Å². The summed E-state index contributed by atoms with van der Waals surface area (Å²) in [7, 11) is -4.19. The van der Waals surface area contributed by atoms with Gasteiger partial charge >= 0.3 is 0 Å². The molecule has 9 heteroatoms. The molecular weight excluding hydrogens is 421 g/mol. The minimum absolute atomic E-state index is 0.0753. The Kier molecular flexibility index (Phi) is 4.54. The van der Waals surface area contributed by atoms with Gasteiger partial charge in [-0.05, 0) is 81.3 Å². The van der Waals surface area contributed by atoms with Crippen LogP contribution in [0.2, 0.25) is 0 Å². The van der Waals surface area contributed by atoms with E-state index in [1.807, 2.05) is 0 Å². The summed E-state index contributed by atoms with van der Waals surface area (Å²) in [5, 5.41) is 3.11. The number of aryl methyl sites for hydroxylation is 1. The van der Waals surface area contributed by atoms with Crippen molar-refractivity contribution in [1.29, 1.82) is 0 Å². The van der Waals surface area contributed by atoms with Crippen LogP contribution in [0.4, 0.5) is 4.39 Å². The topological polar surface area (TPSA) is 118 Å². The Balaban J connectivity index is 1.33. The largest absolute Gasteiger partial charge is 0.369 e. The fraction of sp³-hybridized carbons (Fsp3) is 0.636. The van der Waals surface area contributed by atoms with Crippen LogP contribution in [0.15, 0.2) is 23.1 Å². The lowest BCUT2D eigenvalue weighted by Crippen LogP contribution is -2.64. The van der Waals surface area contributed by atoms with Crippen molar-refractivity contribution in [3.8, 4) is 0 Å². The molecule has 4 bridgehead atoms. The number of hydrogen-bond donors (Lipinski definition) is 3. The number of hydrogen-bond acceptors (Lipinski definition) is 4. The quantitative estimate of drug-likeness (QED) is 0.613. The molecule has 0 saturated heterocycles. The van der Waals surface area contributed by atoms with Crippen molar-refractivity contribution < 1.29 is 22.4 Å². The van der Waals surface area contributed by atoms with Crippen LogP contribution in [0.5, 0.6) is 0 Å². The average Bonchev–Trinajstić information content (AvgIpc) is 3.43. The number of benzene rings is 1. The molecular formula is C22H28FN3O4S. The van der Waals surface area contributed by atoms with Gasteiger partial charge in [-0.3, -0.25) is 9.59 Å². The highest BCUT2D eigenvalue weighted by Crippen LogP contribution is 2.60. The van der Waals surface area contributed by atoms with Gasteiger partial charge in [-0.25, -0.2) is 12.8 Å². The summed E-state index contributed by atoms with van der Waals surface area (Å²) in [5.74, 6) is -0.580. The summed E-state index contributed by atoms with van der Waals surface area (Å²) in [5.41, 5.74) is 4.35. The van der Waals surface area contributed by atoms with Gasteiger partial charge in [0.25, 0.3) is 0 Å². The van der Waals surface area contributed by atoms with Crippen LogP contribution in [0, 0.1) is 35.9 Å². The molecule has 0 heterocycles. The van der Waals surface area contributed by atoms with Crippen molar-refractivity contribution in [3.05, 3.63) is 29.6 Å². The molecule has 1 aromatic rings. The van der Waals surface area contributed by atoms with Crippen LogP contribution in [0.3, 0.4) is 0 Å². The fourth-order valence-corrected chi connectivity index (χ4v) is 8.35. The fourth-order valence-electron chi connectivity index (χ4n) is 6.62. The Morgan fingerprint density at radius 2 is 1.77 bits per heavy atom. The normalized spacial score (nSPS) is 35.0. The molecule has 6 rings (SSSR count). The van der Waals surface area contributed by atoms with Crippen molar-refractivity contribution in [2.75, 3.05) is 0 Å². The lowest BCUT2D eigenvalue weighted by Gasteiger charge is -2.59. The van der Waals surface area contributed by atoms with E-state index in [4.69, 9.17) is 5.73 Å². The first kappa shape index (κ1) is 20.9. The van der Waals surface area contributed by atoms with Crippen LogP contribution in [0.1, 0.15) is 50.5 Å². The first-order chi connectivity index (χ1) is 14.6. The van der Waals surface area contributed by atoms with Crippen LogP contribution >= 0.6 is 0 Å². The Morgan fingerprint density at radius 3 is 2.32 bits per heavy atom. The van der Waals surface area contributed by atoms with E-state index < -0.39 is 31.7 Å². The minimum Gasteiger partial charge on any atom is -0.369 e. The number of amides is 2.